The minimum Gasteiger partial charge on any atom is -0.497 e. The molecule has 178 valence electrons. The molecule has 0 aliphatic rings. The number of nitrogens with zero attached hydrogens (tertiary/aromatic N) is 1. The first-order chi connectivity index (χ1) is 16.8. The highest BCUT2D eigenvalue weighted by atomic mass is 35.5. The lowest BCUT2D eigenvalue weighted by Gasteiger charge is -2.11. The van der Waals surface area contributed by atoms with Gasteiger partial charge in [0.25, 0.3) is 11.8 Å². The first-order valence-electron chi connectivity index (χ1n) is 10.0. The molecular weight excluding hydrogens is 513 g/mol. The van der Waals surface area contributed by atoms with Crippen LogP contribution in [0.25, 0.3) is 6.08 Å². The van der Waals surface area contributed by atoms with Gasteiger partial charge in [-0.05, 0) is 66.7 Å². The first kappa shape index (κ1) is 25.9. The van der Waals surface area contributed by atoms with Gasteiger partial charge in [-0.2, -0.15) is 5.26 Å². The topological polar surface area (TPSA) is 100 Å². The van der Waals surface area contributed by atoms with Crippen LogP contribution in [0, 0.1) is 11.3 Å². The molecule has 0 radical (unpaired) electrons. The van der Waals surface area contributed by atoms with Crippen LogP contribution in [0.2, 0.25) is 15.1 Å². The zero-order chi connectivity index (χ0) is 25.4. The predicted molar refractivity (Wildman–Crippen MR) is 137 cm³/mol. The van der Waals surface area contributed by atoms with Crippen molar-refractivity contribution >= 4 is 64.1 Å². The van der Waals surface area contributed by atoms with E-state index in [2.05, 4.69) is 10.6 Å². The summed E-state index contributed by atoms with van der Waals surface area (Å²) in [5, 5.41) is 15.8. The van der Waals surface area contributed by atoms with Crippen molar-refractivity contribution in [3.8, 4) is 17.6 Å². The molecule has 0 heterocycles. The van der Waals surface area contributed by atoms with Crippen molar-refractivity contribution in [2.75, 3.05) is 24.4 Å². The lowest BCUT2D eigenvalue weighted by atomic mass is 10.1. The number of rotatable bonds is 8. The summed E-state index contributed by atoms with van der Waals surface area (Å²) in [5.41, 5.74) is 1.10. The number of amides is 2. The quantitative estimate of drug-likeness (QED) is 0.266. The molecule has 0 fully saturated rings. The smallest absolute Gasteiger partial charge is 0.266 e. The van der Waals surface area contributed by atoms with E-state index in [9.17, 15) is 14.9 Å². The van der Waals surface area contributed by atoms with Gasteiger partial charge < -0.3 is 20.1 Å². The number of carbonyl (C=O) groups is 2. The minimum absolute atomic E-state index is 0.187. The van der Waals surface area contributed by atoms with Crippen molar-refractivity contribution in [2.45, 2.75) is 0 Å². The molecule has 0 spiro atoms. The Morgan fingerprint density at radius 1 is 0.943 bits per heavy atom. The minimum atomic E-state index is -0.624. The maximum Gasteiger partial charge on any atom is 0.266 e. The first-order valence-corrected chi connectivity index (χ1v) is 11.2. The average Bonchev–Trinajstić information content (AvgIpc) is 2.84. The highest BCUT2D eigenvalue weighted by molar-refractivity contribution is 6.42. The van der Waals surface area contributed by atoms with Crippen LogP contribution in [-0.4, -0.2) is 25.5 Å². The summed E-state index contributed by atoms with van der Waals surface area (Å²) in [4.78, 5) is 24.9. The Labute approximate surface area is 216 Å². The molecule has 0 aliphatic carbocycles. The van der Waals surface area contributed by atoms with Crippen molar-refractivity contribution in [1.29, 1.82) is 5.26 Å². The lowest BCUT2D eigenvalue weighted by Crippen LogP contribution is -2.20. The summed E-state index contributed by atoms with van der Waals surface area (Å²) in [7, 11) is 1.53. The van der Waals surface area contributed by atoms with Crippen LogP contribution in [0.3, 0.4) is 0 Å². The van der Waals surface area contributed by atoms with Gasteiger partial charge in [0.2, 0.25) is 0 Å². The van der Waals surface area contributed by atoms with Crippen LogP contribution >= 0.6 is 34.8 Å². The van der Waals surface area contributed by atoms with E-state index in [4.69, 9.17) is 44.3 Å². The Morgan fingerprint density at radius 3 is 2.31 bits per heavy atom. The summed E-state index contributed by atoms with van der Waals surface area (Å²) >= 11 is 17.9. The van der Waals surface area contributed by atoms with Crippen LogP contribution in [0.1, 0.15) is 5.56 Å². The maximum absolute atomic E-state index is 12.6. The van der Waals surface area contributed by atoms with Crippen molar-refractivity contribution in [2.24, 2.45) is 0 Å². The summed E-state index contributed by atoms with van der Waals surface area (Å²) in [6.45, 7) is -0.345. The van der Waals surface area contributed by atoms with E-state index >= 15 is 0 Å². The normalized spacial score (nSPS) is 10.8. The van der Waals surface area contributed by atoms with Crippen LogP contribution in [0.15, 0.2) is 66.2 Å². The largest absolute Gasteiger partial charge is 0.497 e. The zero-order valence-corrected chi connectivity index (χ0v) is 20.5. The van der Waals surface area contributed by atoms with Gasteiger partial charge in [-0.15, -0.1) is 0 Å². The number of methoxy groups -OCH3 is 1. The second-order valence-corrected chi connectivity index (χ2v) is 8.25. The fourth-order valence-corrected chi connectivity index (χ4v) is 3.33. The Bertz CT molecular complexity index is 1320. The molecule has 0 atom stereocenters. The molecule has 7 nitrogen and oxygen atoms in total. The number of nitriles is 1. The van der Waals surface area contributed by atoms with E-state index in [1.807, 2.05) is 6.07 Å². The molecule has 3 rings (SSSR count). The van der Waals surface area contributed by atoms with Crippen molar-refractivity contribution in [3.05, 3.63) is 86.9 Å². The third kappa shape index (κ3) is 7.39. The van der Waals surface area contributed by atoms with Crippen molar-refractivity contribution < 1.29 is 19.1 Å². The SMILES string of the molecule is COc1ccc(NC(=O)/C(C#N)=C\c2cc(Cl)ccc2OCC(=O)Nc2ccc(Cl)c(Cl)c2)cc1. The summed E-state index contributed by atoms with van der Waals surface area (Å²) < 4.78 is 10.7. The van der Waals surface area contributed by atoms with Crippen molar-refractivity contribution in [3.63, 3.8) is 0 Å². The molecule has 2 amide bonds. The van der Waals surface area contributed by atoms with Gasteiger partial charge >= 0.3 is 0 Å². The van der Waals surface area contributed by atoms with E-state index in [-0.39, 0.29) is 17.9 Å². The Hall–Kier alpha value is -3.70. The summed E-state index contributed by atoms with van der Waals surface area (Å²) in [6.07, 6.45) is 1.33. The van der Waals surface area contributed by atoms with E-state index in [1.54, 1.807) is 42.5 Å². The molecule has 10 heteroatoms. The Balaban J connectivity index is 1.73. The highest BCUT2D eigenvalue weighted by Crippen LogP contribution is 2.27. The molecule has 3 aromatic rings. The number of nitrogens with one attached hydrogen (secondary N) is 2. The monoisotopic (exact) mass is 529 g/mol. The third-order valence-electron chi connectivity index (χ3n) is 4.55. The molecule has 0 unspecified atom stereocenters. The number of ether oxygens (including phenoxy) is 2. The fourth-order valence-electron chi connectivity index (χ4n) is 2.85. The van der Waals surface area contributed by atoms with Gasteiger partial charge in [0.15, 0.2) is 6.61 Å². The van der Waals surface area contributed by atoms with Crippen LogP contribution in [-0.2, 0) is 9.59 Å². The number of benzene rings is 3. The van der Waals surface area contributed by atoms with Crippen LogP contribution in [0.5, 0.6) is 11.5 Å². The van der Waals surface area contributed by atoms with Gasteiger partial charge in [0, 0.05) is 22.0 Å². The molecule has 2 N–H and O–H groups in total. The molecule has 35 heavy (non-hydrogen) atoms. The highest BCUT2D eigenvalue weighted by Gasteiger charge is 2.13. The van der Waals surface area contributed by atoms with E-state index in [1.165, 1.54) is 31.4 Å². The second-order valence-electron chi connectivity index (χ2n) is 7.00. The molecule has 3 aromatic carbocycles. The van der Waals surface area contributed by atoms with Gasteiger partial charge in [-0.25, -0.2) is 0 Å². The van der Waals surface area contributed by atoms with Crippen LogP contribution < -0.4 is 20.1 Å². The maximum atomic E-state index is 12.6. The fraction of sp³-hybridized carbons (Fsp3) is 0.0800. The number of carbonyl (C=O) groups excluding carboxylic acids is 2. The predicted octanol–water partition coefficient (Wildman–Crippen LogP) is 6.22. The number of hydrogen-bond donors (Lipinski definition) is 2. The Morgan fingerprint density at radius 2 is 1.66 bits per heavy atom. The second kappa shape index (κ2) is 12.1. The molecule has 0 bridgehead atoms. The van der Waals surface area contributed by atoms with E-state index in [0.717, 1.165) is 0 Å². The van der Waals surface area contributed by atoms with Gasteiger partial charge in [0.05, 0.1) is 17.2 Å². The number of anilines is 2. The lowest BCUT2D eigenvalue weighted by molar-refractivity contribution is -0.118. The van der Waals surface area contributed by atoms with E-state index < -0.39 is 11.8 Å². The molecule has 0 saturated carbocycles. The van der Waals surface area contributed by atoms with Crippen molar-refractivity contribution in [1.82, 2.24) is 0 Å². The molecular formula is C25H18Cl3N3O4. The summed E-state index contributed by atoms with van der Waals surface area (Å²) in [5.74, 6) is -0.196. The average molecular weight is 531 g/mol. The van der Waals surface area contributed by atoms with Gasteiger partial charge in [-0.1, -0.05) is 34.8 Å². The van der Waals surface area contributed by atoms with E-state index in [0.29, 0.717) is 37.8 Å². The van der Waals surface area contributed by atoms with Gasteiger partial charge in [0.1, 0.15) is 23.1 Å². The Kier molecular flexibility index (Phi) is 8.98. The standard InChI is InChI=1S/C25H18Cl3N3O4/c1-34-20-6-3-18(4-7-20)31-25(33)16(13-29)10-15-11-17(26)2-9-23(15)35-14-24(32)30-19-5-8-21(27)22(28)12-19/h2-12H,14H2,1H3,(H,30,32)(H,31,33)/b16-10-. The molecule has 0 aliphatic heterocycles. The molecule has 0 aromatic heterocycles. The number of hydrogen-bond acceptors (Lipinski definition) is 5. The number of halogens is 3. The third-order valence-corrected chi connectivity index (χ3v) is 5.52. The molecule has 0 saturated heterocycles. The zero-order valence-electron chi connectivity index (χ0n) is 18.3. The summed E-state index contributed by atoms with van der Waals surface area (Å²) in [6, 6.07) is 17.8. The van der Waals surface area contributed by atoms with Gasteiger partial charge in [-0.3, -0.25) is 9.59 Å². The van der Waals surface area contributed by atoms with Crippen LogP contribution in [0.4, 0.5) is 11.4 Å².